The van der Waals surface area contributed by atoms with Gasteiger partial charge in [-0.25, -0.2) is 8.42 Å². The van der Waals surface area contributed by atoms with Gasteiger partial charge in [-0.3, -0.25) is 9.52 Å². The molecule has 134 valence electrons. The maximum Gasteiger partial charge on any atom is 0.252 e. The van der Waals surface area contributed by atoms with Crippen LogP contribution in [-0.4, -0.2) is 25.1 Å². The van der Waals surface area contributed by atoms with Crippen molar-refractivity contribution in [2.24, 2.45) is 0 Å². The molecule has 1 heterocycles. The summed E-state index contributed by atoms with van der Waals surface area (Å²) in [7, 11) is -3.38. The Morgan fingerprint density at radius 1 is 0.923 bits per heavy atom. The summed E-state index contributed by atoms with van der Waals surface area (Å²) in [4.78, 5) is 12.9. The van der Waals surface area contributed by atoms with Crippen LogP contribution >= 0.6 is 0 Å². The predicted octanol–water partition coefficient (Wildman–Crippen LogP) is 3.09. The van der Waals surface area contributed by atoms with E-state index in [4.69, 9.17) is 0 Å². The molecule has 1 aromatic heterocycles. The van der Waals surface area contributed by atoms with Crippen LogP contribution in [0.2, 0.25) is 0 Å². The number of aromatic nitrogens is 1. The summed E-state index contributed by atoms with van der Waals surface area (Å²) in [5, 5.41) is 2.86. The zero-order chi connectivity index (χ0) is 18.6. The molecule has 1 unspecified atom stereocenters. The first-order valence-electron chi connectivity index (χ1n) is 7.98. The Kier molecular flexibility index (Phi) is 5.09. The Labute approximate surface area is 152 Å². The number of hydrogen-bond donors (Lipinski definition) is 2. The molecule has 0 saturated carbocycles. The number of rotatable bonds is 6. The molecular formula is C19H19N3O3S. The number of anilines is 2. The van der Waals surface area contributed by atoms with E-state index >= 15 is 0 Å². The van der Waals surface area contributed by atoms with Crippen molar-refractivity contribution in [2.75, 3.05) is 16.3 Å². The smallest absolute Gasteiger partial charge is 0.252 e. The van der Waals surface area contributed by atoms with Crippen molar-refractivity contribution in [2.45, 2.75) is 6.04 Å². The van der Waals surface area contributed by atoms with Gasteiger partial charge >= 0.3 is 0 Å². The van der Waals surface area contributed by atoms with Gasteiger partial charge in [0.2, 0.25) is 10.0 Å². The summed E-state index contributed by atoms with van der Waals surface area (Å²) in [6.45, 7) is 0. The quantitative estimate of drug-likeness (QED) is 0.701. The number of benzene rings is 2. The first-order valence-corrected chi connectivity index (χ1v) is 9.88. The molecule has 0 bridgehead atoms. The molecule has 26 heavy (non-hydrogen) atoms. The van der Waals surface area contributed by atoms with Gasteiger partial charge in [-0.05, 0) is 35.9 Å². The van der Waals surface area contributed by atoms with Crippen LogP contribution in [0.25, 0.3) is 0 Å². The Morgan fingerprint density at radius 2 is 1.58 bits per heavy atom. The number of amides is 1. The highest BCUT2D eigenvalue weighted by Crippen LogP contribution is 2.22. The molecule has 6 nitrogen and oxygen atoms in total. The monoisotopic (exact) mass is 369 g/mol. The number of nitrogens with one attached hydrogen (secondary N) is 2. The van der Waals surface area contributed by atoms with Gasteiger partial charge in [-0.1, -0.05) is 36.4 Å². The summed E-state index contributed by atoms with van der Waals surface area (Å²) < 4.78 is 27.0. The summed E-state index contributed by atoms with van der Waals surface area (Å²) in [5.41, 5.74) is 1.76. The first-order chi connectivity index (χ1) is 12.4. The molecule has 0 fully saturated rings. The molecule has 3 rings (SSSR count). The fourth-order valence-corrected chi connectivity index (χ4v) is 3.25. The molecule has 1 amide bonds. The summed E-state index contributed by atoms with van der Waals surface area (Å²) in [5.74, 6) is -0.219. The summed E-state index contributed by atoms with van der Waals surface area (Å²) >= 11 is 0. The zero-order valence-electron chi connectivity index (χ0n) is 14.2. The van der Waals surface area contributed by atoms with E-state index in [0.29, 0.717) is 11.4 Å². The van der Waals surface area contributed by atoms with Gasteiger partial charge in [0, 0.05) is 18.1 Å². The fraction of sp³-hybridized carbons (Fsp3) is 0.105. The van der Waals surface area contributed by atoms with Crippen LogP contribution in [0.15, 0.2) is 79.1 Å². The number of sulfonamides is 1. The molecule has 2 aromatic carbocycles. The van der Waals surface area contributed by atoms with E-state index < -0.39 is 16.1 Å². The highest BCUT2D eigenvalue weighted by Gasteiger charge is 2.21. The SMILES string of the molecule is CS(=O)(=O)Nc1cccc(NC(=O)C(c2ccccc2)n2cccc2)c1. The maximum atomic E-state index is 12.9. The van der Waals surface area contributed by atoms with E-state index in [0.717, 1.165) is 11.8 Å². The number of carbonyl (C=O) groups is 1. The molecule has 1 atom stereocenters. The minimum absolute atomic E-state index is 0.219. The summed E-state index contributed by atoms with van der Waals surface area (Å²) in [6.07, 6.45) is 4.74. The van der Waals surface area contributed by atoms with Crippen LogP contribution in [0.4, 0.5) is 11.4 Å². The lowest BCUT2D eigenvalue weighted by atomic mass is 10.1. The van der Waals surface area contributed by atoms with Gasteiger partial charge in [0.05, 0.1) is 11.9 Å². The van der Waals surface area contributed by atoms with Crippen molar-refractivity contribution >= 4 is 27.3 Å². The highest BCUT2D eigenvalue weighted by molar-refractivity contribution is 7.92. The van der Waals surface area contributed by atoms with Gasteiger partial charge in [0.15, 0.2) is 0 Å². The third kappa shape index (κ3) is 4.52. The zero-order valence-corrected chi connectivity index (χ0v) is 15.0. The molecule has 3 aromatic rings. The van der Waals surface area contributed by atoms with Gasteiger partial charge < -0.3 is 9.88 Å². The lowest BCUT2D eigenvalue weighted by Crippen LogP contribution is -2.26. The largest absolute Gasteiger partial charge is 0.338 e. The number of nitrogens with zero attached hydrogens (tertiary/aromatic N) is 1. The lowest BCUT2D eigenvalue weighted by molar-refractivity contribution is -0.118. The molecule has 0 spiro atoms. The van der Waals surface area contributed by atoms with Crippen molar-refractivity contribution < 1.29 is 13.2 Å². The fourth-order valence-electron chi connectivity index (χ4n) is 2.70. The molecule has 0 aliphatic rings. The summed E-state index contributed by atoms with van der Waals surface area (Å²) in [6, 6.07) is 19.2. The standard InChI is InChI=1S/C19H19N3O3S/c1-26(24,25)21-17-11-7-10-16(14-17)20-19(23)18(22-12-5-6-13-22)15-8-3-2-4-9-15/h2-14,18,21H,1H3,(H,20,23). The van der Waals surface area contributed by atoms with Crippen LogP contribution in [0, 0.1) is 0 Å². The normalized spacial score (nSPS) is 12.3. The Hall–Kier alpha value is -3.06. The van der Waals surface area contributed by atoms with E-state index in [-0.39, 0.29) is 5.91 Å². The second-order valence-electron chi connectivity index (χ2n) is 5.89. The van der Waals surface area contributed by atoms with Crippen LogP contribution in [0.1, 0.15) is 11.6 Å². The van der Waals surface area contributed by atoms with Gasteiger partial charge in [-0.15, -0.1) is 0 Å². The molecular weight excluding hydrogens is 350 g/mol. The van der Waals surface area contributed by atoms with Gasteiger partial charge in [0.1, 0.15) is 6.04 Å². The minimum atomic E-state index is -3.38. The Balaban J connectivity index is 1.86. The van der Waals surface area contributed by atoms with Crippen molar-refractivity contribution in [1.82, 2.24) is 4.57 Å². The molecule has 0 radical (unpaired) electrons. The molecule has 7 heteroatoms. The van der Waals surface area contributed by atoms with Crippen molar-refractivity contribution in [3.05, 3.63) is 84.7 Å². The minimum Gasteiger partial charge on any atom is -0.338 e. The van der Waals surface area contributed by atoms with Crippen molar-refractivity contribution in [3.8, 4) is 0 Å². The highest BCUT2D eigenvalue weighted by atomic mass is 32.2. The average molecular weight is 369 g/mol. The third-order valence-corrected chi connectivity index (χ3v) is 4.33. The van der Waals surface area contributed by atoms with Crippen LogP contribution < -0.4 is 10.0 Å². The second-order valence-corrected chi connectivity index (χ2v) is 7.64. The van der Waals surface area contributed by atoms with E-state index in [1.807, 2.05) is 59.4 Å². The predicted molar refractivity (Wildman–Crippen MR) is 103 cm³/mol. The van der Waals surface area contributed by atoms with Crippen molar-refractivity contribution in [1.29, 1.82) is 0 Å². The molecule has 0 aliphatic carbocycles. The van der Waals surface area contributed by atoms with Gasteiger partial charge in [-0.2, -0.15) is 0 Å². The Morgan fingerprint density at radius 3 is 2.23 bits per heavy atom. The third-order valence-electron chi connectivity index (χ3n) is 3.72. The van der Waals surface area contributed by atoms with E-state index in [1.165, 1.54) is 0 Å². The van der Waals surface area contributed by atoms with Crippen molar-refractivity contribution in [3.63, 3.8) is 0 Å². The number of hydrogen-bond acceptors (Lipinski definition) is 3. The van der Waals surface area contributed by atoms with Crippen LogP contribution in [-0.2, 0) is 14.8 Å². The molecule has 2 N–H and O–H groups in total. The van der Waals surface area contributed by atoms with Crippen LogP contribution in [0.5, 0.6) is 0 Å². The topological polar surface area (TPSA) is 80.2 Å². The number of carbonyl (C=O) groups excluding carboxylic acids is 1. The van der Waals surface area contributed by atoms with E-state index in [9.17, 15) is 13.2 Å². The van der Waals surface area contributed by atoms with E-state index in [2.05, 4.69) is 10.0 Å². The second kappa shape index (κ2) is 7.45. The lowest BCUT2D eigenvalue weighted by Gasteiger charge is -2.19. The molecule has 0 aliphatic heterocycles. The van der Waals surface area contributed by atoms with Gasteiger partial charge in [0.25, 0.3) is 5.91 Å². The van der Waals surface area contributed by atoms with E-state index in [1.54, 1.807) is 24.3 Å². The average Bonchev–Trinajstić information content (AvgIpc) is 3.09. The molecule has 0 saturated heterocycles. The maximum absolute atomic E-state index is 12.9. The van der Waals surface area contributed by atoms with Crippen LogP contribution in [0.3, 0.4) is 0 Å². The Bertz CT molecular complexity index is 984. The first kappa shape index (κ1) is 17.8.